The number of rotatable bonds is 0. The number of aryl methyl sites for hydroxylation is 1. The highest BCUT2D eigenvalue weighted by Gasteiger charge is 2.49. The summed E-state index contributed by atoms with van der Waals surface area (Å²) >= 11 is 0. The maximum atomic E-state index is 12.1. The van der Waals surface area contributed by atoms with Gasteiger partial charge < -0.3 is 8.37 Å². The molecule has 0 fully saturated rings. The first kappa shape index (κ1) is 11.5. The van der Waals surface area contributed by atoms with Crippen molar-refractivity contribution >= 4 is 22.5 Å². The zero-order valence-electron chi connectivity index (χ0n) is 10.6. The summed E-state index contributed by atoms with van der Waals surface area (Å²) in [6.45, 7) is 1.91. The normalized spacial score (nSPS) is 25.6. The zero-order valence-corrected chi connectivity index (χ0v) is 11.4. The van der Waals surface area contributed by atoms with E-state index in [0.717, 1.165) is 5.56 Å². The lowest BCUT2D eigenvalue weighted by molar-refractivity contribution is 0.0711. The van der Waals surface area contributed by atoms with Crippen LogP contribution in [0.1, 0.15) is 26.3 Å². The summed E-state index contributed by atoms with van der Waals surface area (Å²) in [6, 6.07) is 12.6. The number of carbonyl (C=O) groups is 2. The van der Waals surface area contributed by atoms with Crippen LogP contribution in [0.15, 0.2) is 52.3 Å². The highest BCUT2D eigenvalue weighted by molar-refractivity contribution is 8.27. The second kappa shape index (κ2) is 3.64. The SMILES string of the molecule is Cc1ccc2c(c1)C(=O)OS21OC(=O)c2ccccc21. The standard InChI is InChI=1S/C15H10O4S/c1-9-6-7-13-11(8-9)15(17)19-20(13)12-5-3-2-4-10(12)14(16)18-20/h2-8H,1H3. The second-order valence-electron chi connectivity index (χ2n) is 4.74. The number of benzene rings is 2. The minimum Gasteiger partial charge on any atom is -0.330 e. The Morgan fingerprint density at radius 1 is 0.850 bits per heavy atom. The van der Waals surface area contributed by atoms with Gasteiger partial charge in [-0.05, 0) is 31.2 Å². The average Bonchev–Trinajstić information content (AvgIpc) is 2.87. The first-order valence-corrected chi connectivity index (χ1v) is 7.61. The minimum absolute atomic E-state index is 0.428. The van der Waals surface area contributed by atoms with Gasteiger partial charge in [-0.25, -0.2) is 9.59 Å². The topological polar surface area (TPSA) is 52.6 Å². The molecule has 100 valence electrons. The quantitative estimate of drug-likeness (QED) is 0.745. The molecule has 2 aromatic rings. The maximum absolute atomic E-state index is 12.1. The summed E-state index contributed by atoms with van der Waals surface area (Å²) in [7, 11) is -2.46. The molecular formula is C15H10O4S. The van der Waals surface area contributed by atoms with Crippen molar-refractivity contribution in [2.75, 3.05) is 0 Å². The predicted octanol–water partition coefficient (Wildman–Crippen LogP) is 3.39. The molecule has 20 heavy (non-hydrogen) atoms. The lowest BCUT2D eigenvalue weighted by atomic mass is 10.1. The van der Waals surface area contributed by atoms with Gasteiger partial charge in [0, 0.05) is 0 Å². The van der Waals surface area contributed by atoms with Crippen LogP contribution in [0.4, 0.5) is 0 Å². The van der Waals surface area contributed by atoms with E-state index in [9.17, 15) is 9.59 Å². The smallest absolute Gasteiger partial charge is 0.330 e. The molecule has 0 saturated heterocycles. The fourth-order valence-corrected chi connectivity index (χ4v) is 5.14. The third kappa shape index (κ3) is 1.28. The van der Waals surface area contributed by atoms with Crippen molar-refractivity contribution in [1.82, 2.24) is 0 Å². The summed E-state index contributed by atoms with van der Waals surface area (Å²) in [5.74, 6) is -0.861. The molecule has 0 radical (unpaired) electrons. The van der Waals surface area contributed by atoms with Crippen molar-refractivity contribution in [3.05, 3.63) is 59.2 Å². The van der Waals surface area contributed by atoms with Crippen molar-refractivity contribution in [3.63, 3.8) is 0 Å². The van der Waals surface area contributed by atoms with E-state index in [1.54, 1.807) is 24.3 Å². The van der Waals surface area contributed by atoms with E-state index in [-0.39, 0.29) is 0 Å². The molecule has 4 nitrogen and oxygen atoms in total. The molecule has 2 aromatic carbocycles. The lowest BCUT2D eigenvalue weighted by Crippen LogP contribution is -2.02. The number of hydrogen-bond donors (Lipinski definition) is 0. The Labute approximate surface area is 117 Å². The molecule has 5 heteroatoms. The summed E-state index contributed by atoms with van der Waals surface area (Å²) in [5, 5.41) is 0. The fourth-order valence-electron chi connectivity index (χ4n) is 2.53. The van der Waals surface area contributed by atoms with Gasteiger partial charge in [0.1, 0.15) is 9.79 Å². The van der Waals surface area contributed by atoms with Crippen LogP contribution < -0.4 is 0 Å². The molecule has 0 bridgehead atoms. The van der Waals surface area contributed by atoms with Crippen LogP contribution in [0, 0.1) is 6.92 Å². The molecule has 0 aliphatic carbocycles. The van der Waals surface area contributed by atoms with E-state index in [1.807, 2.05) is 25.1 Å². The molecule has 0 aromatic heterocycles. The predicted molar refractivity (Wildman–Crippen MR) is 72.6 cm³/mol. The van der Waals surface area contributed by atoms with Crippen molar-refractivity contribution in [2.24, 2.45) is 0 Å². The average molecular weight is 286 g/mol. The molecule has 2 aliphatic rings. The Morgan fingerprint density at radius 3 is 2.30 bits per heavy atom. The third-order valence-electron chi connectivity index (χ3n) is 3.43. The molecular weight excluding hydrogens is 276 g/mol. The largest absolute Gasteiger partial charge is 0.363 e. The van der Waals surface area contributed by atoms with E-state index in [1.165, 1.54) is 0 Å². The zero-order chi connectivity index (χ0) is 13.9. The van der Waals surface area contributed by atoms with Gasteiger partial charge in [-0.15, -0.1) is 0 Å². The molecule has 1 unspecified atom stereocenters. The van der Waals surface area contributed by atoms with E-state index in [4.69, 9.17) is 8.37 Å². The van der Waals surface area contributed by atoms with Gasteiger partial charge >= 0.3 is 11.9 Å². The van der Waals surface area contributed by atoms with E-state index in [0.29, 0.717) is 20.9 Å². The van der Waals surface area contributed by atoms with Gasteiger partial charge in [0.25, 0.3) is 0 Å². The van der Waals surface area contributed by atoms with Gasteiger partial charge in [0.15, 0.2) is 0 Å². The van der Waals surface area contributed by atoms with Gasteiger partial charge in [0.2, 0.25) is 0 Å². The first-order valence-electron chi connectivity index (χ1n) is 6.12. The van der Waals surface area contributed by atoms with Crippen molar-refractivity contribution in [3.8, 4) is 0 Å². The minimum atomic E-state index is -2.46. The summed E-state index contributed by atoms with van der Waals surface area (Å²) in [4.78, 5) is 25.5. The second-order valence-corrected chi connectivity index (χ2v) is 6.96. The molecule has 0 amide bonds. The molecule has 1 spiro atoms. The van der Waals surface area contributed by atoms with Crippen LogP contribution in [-0.4, -0.2) is 11.9 Å². The molecule has 0 saturated carbocycles. The van der Waals surface area contributed by atoms with E-state index in [2.05, 4.69) is 0 Å². The van der Waals surface area contributed by atoms with Crippen molar-refractivity contribution < 1.29 is 18.0 Å². The molecule has 2 heterocycles. The Kier molecular flexibility index (Phi) is 2.10. The van der Waals surface area contributed by atoms with Gasteiger partial charge in [-0.3, -0.25) is 0 Å². The van der Waals surface area contributed by atoms with Crippen molar-refractivity contribution in [2.45, 2.75) is 16.7 Å². The highest BCUT2D eigenvalue weighted by Crippen LogP contribution is 2.72. The summed E-state index contributed by atoms with van der Waals surface area (Å²) < 4.78 is 11.1. The van der Waals surface area contributed by atoms with Crippen LogP contribution in [0.5, 0.6) is 0 Å². The van der Waals surface area contributed by atoms with E-state index >= 15 is 0 Å². The molecule has 4 rings (SSSR count). The third-order valence-corrected chi connectivity index (χ3v) is 6.07. The monoisotopic (exact) mass is 286 g/mol. The fraction of sp³-hybridized carbons (Fsp3) is 0.0667. The van der Waals surface area contributed by atoms with Crippen LogP contribution >= 0.6 is 10.6 Å². The molecule has 2 aliphatic heterocycles. The number of hydrogen-bond acceptors (Lipinski definition) is 4. The summed E-state index contributed by atoms with van der Waals surface area (Å²) in [6.07, 6.45) is 0. The summed E-state index contributed by atoms with van der Waals surface area (Å²) in [5.41, 5.74) is 1.93. The Balaban J connectivity index is 2.03. The first-order chi connectivity index (χ1) is 9.62. The van der Waals surface area contributed by atoms with Crippen molar-refractivity contribution in [1.29, 1.82) is 0 Å². The maximum Gasteiger partial charge on any atom is 0.363 e. The van der Waals surface area contributed by atoms with Crippen LogP contribution in [0.2, 0.25) is 0 Å². The van der Waals surface area contributed by atoms with Gasteiger partial charge in [0.05, 0.1) is 11.1 Å². The lowest BCUT2D eigenvalue weighted by Gasteiger charge is -2.32. The number of carbonyl (C=O) groups excluding carboxylic acids is 2. The Bertz CT molecular complexity index is 783. The van der Waals surface area contributed by atoms with Gasteiger partial charge in [-0.2, -0.15) is 0 Å². The highest BCUT2D eigenvalue weighted by atomic mass is 32.3. The van der Waals surface area contributed by atoms with E-state index < -0.39 is 22.5 Å². The van der Waals surface area contributed by atoms with Gasteiger partial charge in [-0.1, -0.05) is 34.4 Å². The Morgan fingerprint density at radius 2 is 1.50 bits per heavy atom. The molecule has 0 N–H and O–H groups in total. The Hall–Kier alpha value is -2.27. The van der Waals surface area contributed by atoms with Crippen LogP contribution in [0.25, 0.3) is 0 Å². The van der Waals surface area contributed by atoms with Crippen LogP contribution in [-0.2, 0) is 8.37 Å². The van der Waals surface area contributed by atoms with Crippen LogP contribution in [0.3, 0.4) is 0 Å². The molecule has 1 atom stereocenters. The number of fused-ring (bicyclic) bond motifs is 4.